The highest BCUT2D eigenvalue weighted by molar-refractivity contribution is 7.98. The number of thioether (sulfide) groups is 1. The van der Waals surface area contributed by atoms with Gasteiger partial charge in [-0.1, -0.05) is 0 Å². The van der Waals surface area contributed by atoms with Crippen LogP contribution in [0.15, 0.2) is 45.9 Å². The summed E-state index contributed by atoms with van der Waals surface area (Å²) in [5.41, 5.74) is 0.166. The number of rotatable bonds is 4. The van der Waals surface area contributed by atoms with Crippen molar-refractivity contribution in [3.05, 3.63) is 53.7 Å². The third kappa shape index (κ3) is 2.88. The molecule has 0 fully saturated rings. The maximum absolute atomic E-state index is 12.7. The average molecular weight is 252 g/mol. The first-order chi connectivity index (χ1) is 8.16. The van der Waals surface area contributed by atoms with E-state index in [-0.39, 0.29) is 11.4 Å². The highest BCUT2D eigenvalue weighted by Crippen LogP contribution is 2.25. The Kier molecular flexibility index (Phi) is 3.49. The van der Waals surface area contributed by atoms with Gasteiger partial charge in [0, 0.05) is 4.90 Å². The number of carboxylic acid groups (broad SMARTS) is 1. The predicted molar refractivity (Wildman–Crippen MR) is 61.6 cm³/mol. The quantitative estimate of drug-likeness (QED) is 0.847. The number of hydrogen-bond acceptors (Lipinski definition) is 3. The lowest BCUT2D eigenvalue weighted by molar-refractivity contribution is 0.0695. The van der Waals surface area contributed by atoms with Gasteiger partial charge in [-0.15, -0.1) is 11.8 Å². The first kappa shape index (κ1) is 11.7. The molecule has 0 unspecified atom stereocenters. The molecular formula is C12H9FO3S. The van der Waals surface area contributed by atoms with E-state index in [0.29, 0.717) is 11.5 Å². The zero-order valence-corrected chi connectivity index (χ0v) is 9.54. The molecule has 0 aliphatic carbocycles. The highest BCUT2D eigenvalue weighted by Gasteiger charge is 2.13. The molecule has 88 valence electrons. The average Bonchev–Trinajstić information content (AvgIpc) is 2.76. The monoisotopic (exact) mass is 252 g/mol. The largest absolute Gasteiger partial charge is 0.478 e. The van der Waals surface area contributed by atoms with Crippen molar-refractivity contribution in [2.75, 3.05) is 0 Å². The molecule has 1 heterocycles. The minimum absolute atomic E-state index is 0.166. The van der Waals surface area contributed by atoms with Crippen LogP contribution in [0.3, 0.4) is 0 Å². The lowest BCUT2D eigenvalue weighted by Gasteiger charge is -2.00. The lowest BCUT2D eigenvalue weighted by Crippen LogP contribution is -1.97. The Morgan fingerprint density at radius 3 is 2.65 bits per heavy atom. The fourth-order valence-corrected chi connectivity index (χ4v) is 2.17. The molecule has 3 nitrogen and oxygen atoms in total. The van der Waals surface area contributed by atoms with Crippen LogP contribution in [0.1, 0.15) is 16.1 Å². The molecule has 0 spiro atoms. The fourth-order valence-electron chi connectivity index (χ4n) is 1.32. The number of benzene rings is 1. The standard InChI is InChI=1S/C12H9FO3S/c13-8-1-3-9(4-2-8)17-7-11-10(12(14)15)5-6-16-11/h1-6H,7H2,(H,14,15). The van der Waals surface area contributed by atoms with Crippen LogP contribution in [0.2, 0.25) is 0 Å². The van der Waals surface area contributed by atoms with Gasteiger partial charge < -0.3 is 9.52 Å². The van der Waals surface area contributed by atoms with Gasteiger partial charge in [0.15, 0.2) is 0 Å². The third-order valence-corrected chi connectivity index (χ3v) is 3.17. The van der Waals surface area contributed by atoms with Gasteiger partial charge in [0.1, 0.15) is 17.1 Å². The lowest BCUT2D eigenvalue weighted by atomic mass is 10.3. The molecule has 0 saturated heterocycles. The van der Waals surface area contributed by atoms with E-state index >= 15 is 0 Å². The summed E-state index contributed by atoms with van der Waals surface area (Å²) < 4.78 is 17.8. The molecule has 17 heavy (non-hydrogen) atoms. The summed E-state index contributed by atoms with van der Waals surface area (Å²) in [5, 5.41) is 8.87. The summed E-state index contributed by atoms with van der Waals surface area (Å²) in [7, 11) is 0. The van der Waals surface area contributed by atoms with E-state index in [1.807, 2.05) is 0 Å². The van der Waals surface area contributed by atoms with Crippen LogP contribution in [0.4, 0.5) is 4.39 Å². The van der Waals surface area contributed by atoms with Crippen molar-refractivity contribution in [3.8, 4) is 0 Å². The zero-order valence-electron chi connectivity index (χ0n) is 8.72. The molecule has 0 amide bonds. The first-order valence-electron chi connectivity index (χ1n) is 4.85. The minimum Gasteiger partial charge on any atom is -0.478 e. The zero-order chi connectivity index (χ0) is 12.3. The number of furan rings is 1. The Morgan fingerprint density at radius 1 is 1.29 bits per heavy atom. The smallest absolute Gasteiger partial charge is 0.339 e. The summed E-state index contributed by atoms with van der Waals surface area (Å²) in [6.45, 7) is 0. The van der Waals surface area contributed by atoms with Gasteiger partial charge in [0.2, 0.25) is 0 Å². The number of aromatic carboxylic acids is 1. The Balaban J connectivity index is 2.05. The van der Waals surface area contributed by atoms with Crippen molar-refractivity contribution in [2.45, 2.75) is 10.6 Å². The second-order valence-corrected chi connectivity index (χ2v) is 4.35. The van der Waals surface area contributed by atoms with E-state index in [0.717, 1.165) is 4.90 Å². The van der Waals surface area contributed by atoms with Crippen molar-refractivity contribution in [1.29, 1.82) is 0 Å². The van der Waals surface area contributed by atoms with Gasteiger partial charge in [0.05, 0.1) is 12.0 Å². The van der Waals surface area contributed by atoms with Gasteiger partial charge in [-0.2, -0.15) is 0 Å². The molecule has 0 saturated carbocycles. The Hall–Kier alpha value is -1.75. The number of carboxylic acids is 1. The molecule has 2 aromatic rings. The molecule has 0 atom stereocenters. The van der Waals surface area contributed by atoms with Gasteiger partial charge in [0.25, 0.3) is 0 Å². The van der Waals surface area contributed by atoms with Crippen molar-refractivity contribution in [3.63, 3.8) is 0 Å². The normalized spacial score (nSPS) is 10.4. The third-order valence-electron chi connectivity index (χ3n) is 2.16. The van der Waals surface area contributed by atoms with E-state index in [2.05, 4.69) is 0 Å². The second-order valence-electron chi connectivity index (χ2n) is 3.31. The number of halogens is 1. The van der Waals surface area contributed by atoms with Gasteiger partial charge in [-0.25, -0.2) is 9.18 Å². The fraction of sp³-hybridized carbons (Fsp3) is 0.0833. The molecule has 0 bridgehead atoms. The Labute approximate surface area is 101 Å². The van der Waals surface area contributed by atoms with Crippen molar-refractivity contribution < 1.29 is 18.7 Å². The van der Waals surface area contributed by atoms with Crippen LogP contribution in [0, 0.1) is 5.82 Å². The summed E-state index contributed by atoms with van der Waals surface area (Å²) in [6, 6.07) is 7.43. The van der Waals surface area contributed by atoms with E-state index < -0.39 is 5.97 Å². The van der Waals surface area contributed by atoms with Gasteiger partial charge in [-0.3, -0.25) is 0 Å². The second kappa shape index (κ2) is 5.05. The van der Waals surface area contributed by atoms with Gasteiger partial charge >= 0.3 is 5.97 Å². The maximum Gasteiger partial charge on any atom is 0.339 e. The molecule has 0 radical (unpaired) electrons. The van der Waals surface area contributed by atoms with Crippen LogP contribution < -0.4 is 0 Å². The molecule has 1 aromatic heterocycles. The summed E-state index contributed by atoms with van der Waals surface area (Å²) >= 11 is 1.39. The maximum atomic E-state index is 12.7. The molecule has 0 aliphatic heterocycles. The molecule has 5 heteroatoms. The van der Waals surface area contributed by atoms with Crippen molar-refractivity contribution in [1.82, 2.24) is 0 Å². The van der Waals surface area contributed by atoms with Crippen LogP contribution >= 0.6 is 11.8 Å². The molecule has 0 aliphatic rings. The minimum atomic E-state index is -1.01. The summed E-state index contributed by atoms with van der Waals surface area (Å²) in [6.07, 6.45) is 1.35. The van der Waals surface area contributed by atoms with E-state index in [9.17, 15) is 9.18 Å². The van der Waals surface area contributed by atoms with Crippen molar-refractivity contribution in [2.24, 2.45) is 0 Å². The van der Waals surface area contributed by atoms with E-state index in [1.165, 1.54) is 36.2 Å². The Bertz CT molecular complexity index is 519. The molecule has 1 N–H and O–H groups in total. The Morgan fingerprint density at radius 2 is 2.00 bits per heavy atom. The number of hydrogen-bond donors (Lipinski definition) is 1. The topological polar surface area (TPSA) is 50.4 Å². The van der Waals surface area contributed by atoms with Crippen LogP contribution in [0.25, 0.3) is 0 Å². The van der Waals surface area contributed by atoms with Crippen LogP contribution in [-0.4, -0.2) is 11.1 Å². The molecular weight excluding hydrogens is 243 g/mol. The molecule has 1 aromatic carbocycles. The number of carbonyl (C=O) groups is 1. The summed E-state index contributed by atoms with van der Waals surface area (Å²) in [4.78, 5) is 11.7. The van der Waals surface area contributed by atoms with E-state index in [1.54, 1.807) is 12.1 Å². The van der Waals surface area contributed by atoms with Crippen LogP contribution in [-0.2, 0) is 5.75 Å². The molecule has 2 rings (SSSR count). The predicted octanol–water partition coefficient (Wildman–Crippen LogP) is 3.41. The SMILES string of the molecule is O=C(O)c1ccoc1CSc1ccc(F)cc1. The van der Waals surface area contributed by atoms with Crippen LogP contribution in [0.5, 0.6) is 0 Å². The van der Waals surface area contributed by atoms with E-state index in [4.69, 9.17) is 9.52 Å². The first-order valence-corrected chi connectivity index (χ1v) is 5.83. The van der Waals surface area contributed by atoms with Crippen molar-refractivity contribution >= 4 is 17.7 Å². The van der Waals surface area contributed by atoms with Gasteiger partial charge in [-0.05, 0) is 30.3 Å². The summed E-state index contributed by atoms with van der Waals surface area (Å²) in [5.74, 6) is -0.487. The highest BCUT2D eigenvalue weighted by atomic mass is 32.2.